The Morgan fingerprint density at radius 1 is 0.277 bits per heavy atom. The fourth-order valence-corrected chi connectivity index (χ4v) is 14.2. The van der Waals surface area contributed by atoms with Crippen LogP contribution in [0.1, 0.15) is 433 Å². The standard InChI is InChI=1S/C82H160O17P2/c1-7-11-13-15-17-18-19-20-21-22-23-24-25-26-27-28-33-36-42-48-54-60-66-81(86)99-78(71-93-80(85)65-59-53-47-41-35-32-30-29-31-34-39-45-50-56-62-74(5)9-3)73-97-101(90,91)95-69-76(83)68-94-100(88,89)96-72-77(70-92-79(84)64-58-52-44-16-14-12-8-2)98-82(87)67-61-55-49-43-38-37-40-46-51-57-63-75(6)10-4/h74-78,83H,7-73H2,1-6H3,(H,88,89)(H,90,91)/t74?,75?,76-,77+,78+/m0/s1. The van der Waals surface area contributed by atoms with E-state index in [0.717, 1.165) is 115 Å². The van der Waals surface area contributed by atoms with Crippen LogP contribution in [-0.2, 0) is 65.4 Å². The highest BCUT2D eigenvalue weighted by Crippen LogP contribution is 2.45. The predicted molar refractivity (Wildman–Crippen MR) is 414 cm³/mol. The second-order valence-corrected chi connectivity index (χ2v) is 32.9. The molecule has 0 aromatic carbocycles. The molecule has 0 aliphatic rings. The van der Waals surface area contributed by atoms with Gasteiger partial charge in [-0.25, -0.2) is 9.13 Å². The second kappa shape index (κ2) is 73.6. The molecule has 0 saturated carbocycles. The third-order valence-corrected chi connectivity index (χ3v) is 21.8. The van der Waals surface area contributed by atoms with E-state index in [-0.39, 0.29) is 25.7 Å². The fraction of sp³-hybridized carbons (Fsp3) is 0.951. The molecule has 0 aliphatic carbocycles. The van der Waals surface area contributed by atoms with Gasteiger partial charge >= 0.3 is 39.5 Å². The van der Waals surface area contributed by atoms with Crippen molar-refractivity contribution in [3.05, 3.63) is 0 Å². The van der Waals surface area contributed by atoms with Crippen molar-refractivity contribution in [3.8, 4) is 0 Å². The molecule has 19 heteroatoms. The number of esters is 4. The van der Waals surface area contributed by atoms with Gasteiger partial charge in [0, 0.05) is 25.7 Å². The smallest absolute Gasteiger partial charge is 0.462 e. The minimum absolute atomic E-state index is 0.106. The summed E-state index contributed by atoms with van der Waals surface area (Å²) in [6.45, 7) is 9.67. The quantitative estimate of drug-likeness (QED) is 0.0222. The molecule has 600 valence electrons. The molecule has 0 amide bonds. The van der Waals surface area contributed by atoms with E-state index in [0.29, 0.717) is 25.7 Å². The number of aliphatic hydroxyl groups excluding tert-OH is 1. The van der Waals surface area contributed by atoms with Gasteiger partial charge in [0.15, 0.2) is 12.2 Å². The first kappa shape index (κ1) is 99.1. The van der Waals surface area contributed by atoms with E-state index < -0.39 is 97.5 Å². The Morgan fingerprint density at radius 3 is 0.703 bits per heavy atom. The largest absolute Gasteiger partial charge is 0.472 e. The number of ether oxygens (including phenoxy) is 4. The molecule has 0 aromatic heterocycles. The van der Waals surface area contributed by atoms with E-state index in [1.54, 1.807) is 0 Å². The van der Waals surface area contributed by atoms with E-state index in [2.05, 4.69) is 41.5 Å². The van der Waals surface area contributed by atoms with Crippen molar-refractivity contribution in [2.45, 2.75) is 452 Å². The molecule has 4 unspecified atom stereocenters. The minimum Gasteiger partial charge on any atom is -0.462 e. The molecule has 3 N–H and O–H groups in total. The van der Waals surface area contributed by atoms with E-state index in [1.165, 1.54) is 238 Å². The van der Waals surface area contributed by atoms with Crippen molar-refractivity contribution in [2.24, 2.45) is 11.8 Å². The first-order valence-corrected chi connectivity index (χ1v) is 45.6. The van der Waals surface area contributed by atoms with Crippen LogP contribution in [0.15, 0.2) is 0 Å². The molecule has 0 fully saturated rings. The van der Waals surface area contributed by atoms with E-state index in [1.807, 2.05) is 0 Å². The summed E-state index contributed by atoms with van der Waals surface area (Å²) in [6, 6.07) is 0. The highest BCUT2D eigenvalue weighted by molar-refractivity contribution is 7.47. The van der Waals surface area contributed by atoms with Gasteiger partial charge in [0.2, 0.25) is 0 Å². The minimum atomic E-state index is -4.96. The van der Waals surface area contributed by atoms with Crippen molar-refractivity contribution in [3.63, 3.8) is 0 Å². The SMILES string of the molecule is CCCCCCCCCCCCCCCCCCCCCCCCC(=O)O[C@H](COC(=O)CCCCCCCCCCCCCCCCC(C)CC)COP(=O)(O)OC[C@@H](O)COP(=O)(O)OC[C@@H](COC(=O)CCCCCCCCC)OC(=O)CCCCCCCCCCCCC(C)CC. The lowest BCUT2D eigenvalue weighted by Crippen LogP contribution is -2.30. The van der Waals surface area contributed by atoms with Crippen molar-refractivity contribution in [1.29, 1.82) is 0 Å². The summed E-state index contributed by atoms with van der Waals surface area (Å²) in [5, 5.41) is 10.6. The third kappa shape index (κ3) is 73.4. The zero-order chi connectivity index (χ0) is 74.2. The van der Waals surface area contributed by atoms with Gasteiger partial charge in [0.05, 0.1) is 26.4 Å². The number of carbonyl (C=O) groups excluding carboxylic acids is 4. The van der Waals surface area contributed by atoms with Gasteiger partial charge in [-0.15, -0.1) is 0 Å². The maximum absolute atomic E-state index is 13.1. The van der Waals surface area contributed by atoms with Gasteiger partial charge < -0.3 is 33.8 Å². The van der Waals surface area contributed by atoms with Gasteiger partial charge in [0.25, 0.3) is 0 Å². The van der Waals surface area contributed by atoms with Crippen LogP contribution in [0.2, 0.25) is 0 Å². The molecule has 17 nitrogen and oxygen atoms in total. The molecule has 101 heavy (non-hydrogen) atoms. The molecule has 0 radical (unpaired) electrons. The zero-order valence-corrected chi connectivity index (χ0v) is 68.0. The number of hydrogen-bond acceptors (Lipinski definition) is 15. The normalized spacial score (nSPS) is 14.4. The number of phosphoric ester groups is 2. The van der Waals surface area contributed by atoms with Crippen LogP contribution in [0.5, 0.6) is 0 Å². The van der Waals surface area contributed by atoms with Crippen molar-refractivity contribution in [1.82, 2.24) is 0 Å². The number of carbonyl (C=O) groups is 4. The Hall–Kier alpha value is -1.94. The van der Waals surface area contributed by atoms with Crippen LogP contribution in [0.3, 0.4) is 0 Å². The molecule has 0 heterocycles. The number of phosphoric acid groups is 2. The summed E-state index contributed by atoms with van der Waals surface area (Å²) in [4.78, 5) is 72.9. The van der Waals surface area contributed by atoms with Gasteiger partial charge in [-0.05, 0) is 37.5 Å². The van der Waals surface area contributed by atoms with Gasteiger partial charge in [-0.2, -0.15) is 0 Å². The van der Waals surface area contributed by atoms with E-state index in [9.17, 15) is 43.2 Å². The van der Waals surface area contributed by atoms with Crippen LogP contribution >= 0.6 is 15.6 Å². The highest BCUT2D eigenvalue weighted by atomic mass is 31.2. The summed E-state index contributed by atoms with van der Waals surface area (Å²) in [5.74, 6) is -0.460. The Morgan fingerprint density at radius 2 is 0.475 bits per heavy atom. The third-order valence-electron chi connectivity index (χ3n) is 19.9. The van der Waals surface area contributed by atoms with Crippen molar-refractivity contribution in [2.75, 3.05) is 39.6 Å². The van der Waals surface area contributed by atoms with Crippen molar-refractivity contribution < 1.29 is 80.2 Å². The Bertz CT molecular complexity index is 1950. The second-order valence-electron chi connectivity index (χ2n) is 30.0. The van der Waals surface area contributed by atoms with E-state index >= 15 is 0 Å². The average Bonchev–Trinajstić information content (AvgIpc) is 0.973. The van der Waals surface area contributed by atoms with Crippen LogP contribution in [0.25, 0.3) is 0 Å². The Balaban J connectivity index is 5.17. The van der Waals surface area contributed by atoms with Crippen LogP contribution in [0, 0.1) is 11.8 Å². The van der Waals surface area contributed by atoms with Crippen LogP contribution < -0.4 is 0 Å². The lowest BCUT2D eigenvalue weighted by atomic mass is 9.99. The summed E-state index contributed by atoms with van der Waals surface area (Å²) in [7, 11) is -9.92. The Kier molecular flexibility index (Phi) is 72.2. The summed E-state index contributed by atoms with van der Waals surface area (Å²) < 4.78 is 68.6. The zero-order valence-electron chi connectivity index (χ0n) is 66.2. The number of rotatable bonds is 81. The lowest BCUT2D eigenvalue weighted by molar-refractivity contribution is -0.161. The number of hydrogen-bond donors (Lipinski definition) is 3. The maximum atomic E-state index is 13.1. The average molecular weight is 1480 g/mol. The first-order valence-electron chi connectivity index (χ1n) is 42.6. The number of unbranched alkanes of at least 4 members (excludes halogenated alkanes) is 49. The van der Waals surface area contributed by atoms with Crippen LogP contribution in [-0.4, -0.2) is 96.7 Å². The molecule has 0 spiro atoms. The molecule has 0 aromatic rings. The monoisotopic (exact) mass is 1480 g/mol. The van der Waals surface area contributed by atoms with E-state index in [4.69, 9.17) is 37.0 Å². The van der Waals surface area contributed by atoms with Gasteiger partial charge in [-0.3, -0.25) is 37.3 Å². The molecular weight excluding hydrogens is 1320 g/mol. The maximum Gasteiger partial charge on any atom is 0.472 e. The molecule has 0 rings (SSSR count). The van der Waals surface area contributed by atoms with Gasteiger partial charge in [0.1, 0.15) is 19.3 Å². The highest BCUT2D eigenvalue weighted by Gasteiger charge is 2.30. The van der Waals surface area contributed by atoms with Gasteiger partial charge in [-0.1, -0.05) is 382 Å². The first-order chi connectivity index (χ1) is 48.9. The fourth-order valence-electron chi connectivity index (χ4n) is 12.6. The predicted octanol–water partition coefficient (Wildman–Crippen LogP) is 24.7. The van der Waals surface area contributed by atoms with Crippen LogP contribution in [0.4, 0.5) is 0 Å². The summed E-state index contributed by atoms with van der Waals surface area (Å²) in [5.41, 5.74) is 0. The lowest BCUT2D eigenvalue weighted by Gasteiger charge is -2.21. The Labute approximate surface area is 619 Å². The molecule has 0 saturated heterocycles. The molecule has 7 atom stereocenters. The number of aliphatic hydroxyl groups is 1. The molecule has 0 aliphatic heterocycles. The molecule has 0 bridgehead atoms. The summed E-state index contributed by atoms with van der Waals surface area (Å²) in [6.07, 6.45) is 64.0. The van der Waals surface area contributed by atoms with Crippen molar-refractivity contribution >= 4 is 39.5 Å². The summed E-state index contributed by atoms with van der Waals surface area (Å²) >= 11 is 0. The molecular formula is C82H160O17P2. The topological polar surface area (TPSA) is 237 Å².